The molecular formula is C20H21N5O2. The van der Waals surface area contributed by atoms with Crippen LogP contribution < -0.4 is 10.9 Å². The summed E-state index contributed by atoms with van der Waals surface area (Å²) in [5.74, 6) is 0.620. The van der Waals surface area contributed by atoms with Crippen molar-refractivity contribution in [2.45, 2.75) is 26.3 Å². The Labute approximate surface area is 157 Å². The van der Waals surface area contributed by atoms with E-state index in [1.807, 2.05) is 44.2 Å². The quantitative estimate of drug-likeness (QED) is 0.725. The van der Waals surface area contributed by atoms with Gasteiger partial charge in [0.2, 0.25) is 0 Å². The fourth-order valence-electron chi connectivity index (χ4n) is 2.50. The van der Waals surface area contributed by atoms with Crippen molar-refractivity contribution in [2.75, 3.05) is 6.54 Å². The van der Waals surface area contributed by atoms with Crippen LogP contribution in [0.2, 0.25) is 0 Å². The zero-order valence-corrected chi connectivity index (χ0v) is 15.3. The van der Waals surface area contributed by atoms with E-state index in [0.717, 1.165) is 5.56 Å². The van der Waals surface area contributed by atoms with Crippen molar-refractivity contribution < 1.29 is 4.79 Å². The lowest BCUT2D eigenvalue weighted by Gasteiger charge is -2.09. The van der Waals surface area contributed by atoms with Crippen LogP contribution in [-0.4, -0.2) is 32.2 Å². The molecule has 0 spiro atoms. The van der Waals surface area contributed by atoms with Gasteiger partial charge in [-0.1, -0.05) is 44.2 Å². The average Bonchev–Trinajstić information content (AvgIpc) is 2.70. The number of hydrogen-bond acceptors (Lipinski definition) is 5. The van der Waals surface area contributed by atoms with Gasteiger partial charge in [-0.25, -0.2) is 14.6 Å². The molecule has 3 aromatic rings. The van der Waals surface area contributed by atoms with Gasteiger partial charge in [0.25, 0.3) is 11.5 Å². The van der Waals surface area contributed by atoms with E-state index in [0.29, 0.717) is 17.1 Å². The summed E-state index contributed by atoms with van der Waals surface area (Å²) in [6.07, 6.45) is 3.02. The SMILES string of the molecule is CC(C)c1ncc(C(=O)NCCn2nc(-c3ccccc3)ccc2=O)cn1. The number of hydrogen-bond donors (Lipinski definition) is 1. The molecule has 0 saturated heterocycles. The second kappa shape index (κ2) is 8.35. The highest BCUT2D eigenvalue weighted by atomic mass is 16.2. The van der Waals surface area contributed by atoms with Crippen LogP contribution in [0.1, 0.15) is 35.9 Å². The number of carbonyl (C=O) groups is 1. The molecule has 0 aliphatic rings. The Balaban J connectivity index is 1.63. The van der Waals surface area contributed by atoms with E-state index < -0.39 is 0 Å². The van der Waals surface area contributed by atoms with Crippen LogP contribution >= 0.6 is 0 Å². The number of nitrogens with one attached hydrogen (secondary N) is 1. The molecule has 7 heteroatoms. The maximum atomic E-state index is 12.2. The normalized spacial score (nSPS) is 10.8. The lowest BCUT2D eigenvalue weighted by molar-refractivity contribution is 0.0951. The average molecular weight is 363 g/mol. The van der Waals surface area contributed by atoms with Crippen molar-refractivity contribution in [1.82, 2.24) is 25.1 Å². The van der Waals surface area contributed by atoms with E-state index >= 15 is 0 Å². The molecule has 0 atom stereocenters. The van der Waals surface area contributed by atoms with Gasteiger partial charge in [0.05, 0.1) is 17.8 Å². The third-order valence-electron chi connectivity index (χ3n) is 4.00. The zero-order chi connectivity index (χ0) is 19.2. The Morgan fingerprint density at radius 3 is 2.44 bits per heavy atom. The van der Waals surface area contributed by atoms with Crippen LogP contribution in [0.3, 0.4) is 0 Å². The molecule has 138 valence electrons. The summed E-state index contributed by atoms with van der Waals surface area (Å²) in [6, 6.07) is 12.8. The molecule has 0 aliphatic heterocycles. The highest BCUT2D eigenvalue weighted by Gasteiger charge is 2.09. The Morgan fingerprint density at radius 2 is 1.78 bits per heavy atom. The first-order valence-corrected chi connectivity index (χ1v) is 8.78. The minimum atomic E-state index is -0.280. The molecule has 1 amide bonds. The number of aromatic nitrogens is 4. The molecule has 1 N–H and O–H groups in total. The van der Waals surface area contributed by atoms with E-state index in [2.05, 4.69) is 20.4 Å². The van der Waals surface area contributed by atoms with Gasteiger partial charge >= 0.3 is 0 Å². The minimum Gasteiger partial charge on any atom is -0.350 e. The summed E-state index contributed by atoms with van der Waals surface area (Å²) >= 11 is 0. The maximum Gasteiger partial charge on any atom is 0.266 e. The largest absolute Gasteiger partial charge is 0.350 e. The van der Waals surface area contributed by atoms with E-state index in [4.69, 9.17) is 0 Å². The van der Waals surface area contributed by atoms with E-state index in [1.54, 1.807) is 6.07 Å². The Hall–Kier alpha value is -3.35. The van der Waals surface area contributed by atoms with Crippen LogP contribution in [0.25, 0.3) is 11.3 Å². The highest BCUT2D eigenvalue weighted by Crippen LogP contribution is 2.13. The van der Waals surface area contributed by atoms with Crippen LogP contribution in [0.4, 0.5) is 0 Å². The van der Waals surface area contributed by atoms with Crippen molar-refractivity contribution in [2.24, 2.45) is 0 Å². The molecule has 0 unspecified atom stereocenters. The number of amides is 1. The maximum absolute atomic E-state index is 12.2. The first kappa shape index (κ1) is 18.4. The molecule has 0 saturated carbocycles. The molecule has 0 aliphatic carbocycles. The van der Waals surface area contributed by atoms with Gasteiger partial charge in [-0.05, 0) is 6.07 Å². The lowest BCUT2D eigenvalue weighted by Crippen LogP contribution is -2.32. The second-order valence-corrected chi connectivity index (χ2v) is 6.39. The van der Waals surface area contributed by atoms with Gasteiger partial charge in [-0.3, -0.25) is 9.59 Å². The molecule has 3 rings (SSSR count). The Morgan fingerprint density at radius 1 is 1.07 bits per heavy atom. The topological polar surface area (TPSA) is 89.8 Å². The van der Waals surface area contributed by atoms with Gasteiger partial charge in [0.1, 0.15) is 5.82 Å². The molecule has 0 fully saturated rings. The van der Waals surface area contributed by atoms with Gasteiger partial charge in [0.15, 0.2) is 0 Å². The van der Waals surface area contributed by atoms with E-state index in [9.17, 15) is 9.59 Å². The molecule has 2 aromatic heterocycles. The Kier molecular flexibility index (Phi) is 5.71. The predicted octanol–water partition coefficient (Wildman–Crippen LogP) is 2.25. The summed E-state index contributed by atoms with van der Waals surface area (Å²) in [5, 5.41) is 7.14. The van der Waals surface area contributed by atoms with Gasteiger partial charge < -0.3 is 5.32 Å². The monoisotopic (exact) mass is 363 g/mol. The zero-order valence-electron chi connectivity index (χ0n) is 15.3. The van der Waals surface area contributed by atoms with Crippen LogP contribution in [0.15, 0.2) is 59.7 Å². The van der Waals surface area contributed by atoms with Crippen molar-refractivity contribution >= 4 is 5.91 Å². The summed E-state index contributed by atoms with van der Waals surface area (Å²) < 4.78 is 1.35. The number of carbonyl (C=O) groups excluding carboxylic acids is 1. The van der Waals surface area contributed by atoms with E-state index in [-0.39, 0.29) is 30.5 Å². The summed E-state index contributed by atoms with van der Waals surface area (Å²) in [4.78, 5) is 32.6. The first-order chi connectivity index (χ1) is 13.0. The van der Waals surface area contributed by atoms with E-state index in [1.165, 1.54) is 23.1 Å². The van der Waals surface area contributed by atoms with Gasteiger partial charge in [-0.2, -0.15) is 5.10 Å². The summed E-state index contributed by atoms with van der Waals surface area (Å²) in [7, 11) is 0. The first-order valence-electron chi connectivity index (χ1n) is 8.78. The van der Waals surface area contributed by atoms with Crippen LogP contribution in [0, 0.1) is 0 Å². The third-order valence-corrected chi connectivity index (χ3v) is 4.00. The molecular weight excluding hydrogens is 342 g/mol. The molecule has 2 heterocycles. The molecule has 1 aromatic carbocycles. The summed E-state index contributed by atoms with van der Waals surface area (Å²) in [5.41, 5.74) is 1.81. The molecule has 27 heavy (non-hydrogen) atoms. The van der Waals surface area contributed by atoms with Crippen LogP contribution in [0.5, 0.6) is 0 Å². The number of benzene rings is 1. The molecule has 0 radical (unpaired) electrons. The smallest absolute Gasteiger partial charge is 0.266 e. The lowest BCUT2D eigenvalue weighted by atomic mass is 10.1. The Bertz CT molecular complexity index is 966. The fourth-order valence-corrected chi connectivity index (χ4v) is 2.50. The highest BCUT2D eigenvalue weighted by molar-refractivity contribution is 5.93. The number of nitrogens with zero attached hydrogens (tertiary/aromatic N) is 4. The fraction of sp³-hybridized carbons (Fsp3) is 0.250. The summed E-state index contributed by atoms with van der Waals surface area (Å²) in [6.45, 7) is 4.53. The van der Waals surface area contributed by atoms with Crippen molar-refractivity contribution in [3.05, 3.63) is 76.6 Å². The van der Waals surface area contributed by atoms with Crippen molar-refractivity contribution in [3.63, 3.8) is 0 Å². The van der Waals surface area contributed by atoms with Crippen LogP contribution in [-0.2, 0) is 6.54 Å². The van der Waals surface area contributed by atoms with Crippen molar-refractivity contribution in [1.29, 1.82) is 0 Å². The molecule has 7 nitrogen and oxygen atoms in total. The third kappa shape index (κ3) is 4.63. The second-order valence-electron chi connectivity index (χ2n) is 6.39. The van der Waals surface area contributed by atoms with Gasteiger partial charge in [0, 0.05) is 36.5 Å². The van der Waals surface area contributed by atoms with Crippen molar-refractivity contribution in [3.8, 4) is 11.3 Å². The minimum absolute atomic E-state index is 0.206. The predicted molar refractivity (Wildman–Crippen MR) is 102 cm³/mol. The number of rotatable bonds is 6. The van der Waals surface area contributed by atoms with Gasteiger partial charge in [-0.15, -0.1) is 0 Å². The standard InChI is InChI=1S/C20H21N5O2/c1-14(2)19-22-12-16(13-23-19)20(27)21-10-11-25-18(26)9-8-17(24-25)15-6-4-3-5-7-15/h3-9,12-14H,10-11H2,1-2H3,(H,21,27). The molecule has 0 bridgehead atoms.